The average molecular weight is 268 g/mol. The summed E-state index contributed by atoms with van der Waals surface area (Å²) in [5, 5.41) is 0. The molecule has 0 rings (SSSR count). The first kappa shape index (κ1) is 12.6. The summed E-state index contributed by atoms with van der Waals surface area (Å²) in [7, 11) is 4.04. The van der Waals surface area contributed by atoms with Crippen molar-refractivity contribution in [3.63, 3.8) is 0 Å². The van der Waals surface area contributed by atoms with Gasteiger partial charge in [-0.05, 0) is 22.6 Å². The third-order valence-electron chi connectivity index (χ3n) is 1.01. The third-order valence-corrected chi connectivity index (χ3v) is 2.86. The predicted molar refractivity (Wildman–Crippen MR) is 41.8 cm³/mol. The van der Waals surface area contributed by atoms with Gasteiger partial charge in [-0.2, -0.15) is 0 Å². The highest BCUT2D eigenvalue weighted by Gasteiger charge is 2.10. The second-order valence-electron chi connectivity index (χ2n) is 2.47. The van der Waals surface area contributed by atoms with Crippen LogP contribution in [0.5, 0.6) is 0 Å². The molecule has 0 aliphatic rings. The summed E-state index contributed by atoms with van der Waals surface area (Å²) in [4.78, 5) is 0. The second kappa shape index (κ2) is 5.68. The van der Waals surface area contributed by atoms with Crippen LogP contribution in [0.15, 0.2) is 0 Å². The fourth-order valence-corrected chi connectivity index (χ4v) is 0.630. The lowest BCUT2D eigenvalue weighted by molar-refractivity contribution is -0.873. The van der Waals surface area contributed by atoms with Crippen molar-refractivity contribution in [2.45, 2.75) is 0 Å². The molecule has 1 nitrogen and oxygen atoms in total. The monoisotopic (exact) mass is 267 g/mol. The Balaban J connectivity index is 0. The summed E-state index contributed by atoms with van der Waals surface area (Å²) in [6.45, 7) is 0.416. The van der Waals surface area contributed by atoms with E-state index in [2.05, 4.69) is 22.6 Å². The molecule has 0 aromatic rings. The Kier molecular flexibility index (Phi) is 7.93. The maximum absolute atomic E-state index is 11.7. The second-order valence-corrected chi connectivity index (χ2v) is 3.15. The van der Waals surface area contributed by atoms with Crippen molar-refractivity contribution in [3.8, 4) is 0 Å². The lowest BCUT2D eigenvalue weighted by Gasteiger charge is -2.25. The molecule has 4 heteroatoms. The molecule has 0 amide bonds. The molecule has 0 aliphatic carbocycles. The van der Waals surface area contributed by atoms with Crippen LogP contribution in [0.25, 0.3) is 0 Å². The molecule has 9 heavy (non-hydrogen) atoms. The van der Waals surface area contributed by atoms with Gasteiger partial charge in [0.15, 0.2) is 0 Å². The Morgan fingerprint density at radius 1 is 1.44 bits per heavy atom. The van der Waals surface area contributed by atoms with Gasteiger partial charge in [-0.3, -0.25) is 0 Å². The van der Waals surface area contributed by atoms with Gasteiger partial charge in [-0.25, -0.2) is 4.39 Å². The Bertz CT molecular complexity index is 70.0. The van der Waals surface area contributed by atoms with Crippen LogP contribution in [0.1, 0.15) is 0 Å². The standard InChI is InChI=1S/C5H12FIN.ClH/c1-8(2,5-7)4-3-6;/h3-5H2,1-2H3;1H/q+1;/p-1. The Hall–Kier alpha value is 0.910. The normalized spacial score (nSPS) is 10.7. The number of alkyl halides is 2. The van der Waals surface area contributed by atoms with Crippen LogP contribution in [0.3, 0.4) is 0 Å². The van der Waals surface area contributed by atoms with Crippen molar-refractivity contribution in [3.05, 3.63) is 0 Å². The van der Waals surface area contributed by atoms with Crippen LogP contribution in [0, 0.1) is 0 Å². The molecule has 0 fully saturated rings. The summed E-state index contributed by atoms with van der Waals surface area (Å²) in [5.41, 5.74) is 0. The van der Waals surface area contributed by atoms with Gasteiger partial charge >= 0.3 is 0 Å². The third kappa shape index (κ3) is 6.80. The van der Waals surface area contributed by atoms with Gasteiger partial charge < -0.3 is 16.9 Å². The highest BCUT2D eigenvalue weighted by molar-refractivity contribution is 14.1. The minimum absolute atomic E-state index is 0. The van der Waals surface area contributed by atoms with Crippen LogP contribution in [-0.2, 0) is 0 Å². The van der Waals surface area contributed by atoms with E-state index < -0.39 is 0 Å². The zero-order chi connectivity index (χ0) is 6.62. The molecular formula is C5H12ClFIN. The minimum atomic E-state index is -0.212. The molecule has 0 saturated carbocycles. The molecular weight excluding hydrogens is 255 g/mol. The van der Waals surface area contributed by atoms with Crippen LogP contribution in [0.2, 0.25) is 0 Å². The smallest absolute Gasteiger partial charge is 0.138 e. The zero-order valence-corrected chi connectivity index (χ0v) is 8.62. The number of quaternary nitrogens is 1. The van der Waals surface area contributed by atoms with E-state index in [-0.39, 0.29) is 19.1 Å². The van der Waals surface area contributed by atoms with Gasteiger partial charge in [-0.1, -0.05) is 0 Å². The fraction of sp³-hybridized carbons (Fsp3) is 1.00. The average Bonchev–Trinajstić information content (AvgIpc) is 1.67. The van der Waals surface area contributed by atoms with E-state index >= 15 is 0 Å². The minimum Gasteiger partial charge on any atom is -1.00 e. The summed E-state index contributed by atoms with van der Waals surface area (Å²) in [5.74, 6) is 0. The molecule has 0 saturated heterocycles. The molecule has 0 aromatic heterocycles. The highest BCUT2D eigenvalue weighted by Crippen LogP contribution is 2.00. The van der Waals surface area contributed by atoms with Gasteiger partial charge in [0.25, 0.3) is 0 Å². The van der Waals surface area contributed by atoms with Crippen molar-refractivity contribution < 1.29 is 21.3 Å². The van der Waals surface area contributed by atoms with Crippen molar-refractivity contribution in [2.24, 2.45) is 0 Å². The van der Waals surface area contributed by atoms with Crippen molar-refractivity contribution in [1.82, 2.24) is 0 Å². The van der Waals surface area contributed by atoms with Crippen LogP contribution in [-0.4, -0.2) is 36.3 Å². The topological polar surface area (TPSA) is 0 Å². The largest absolute Gasteiger partial charge is 1.00 e. The Labute approximate surface area is 75.7 Å². The number of hydrogen-bond acceptors (Lipinski definition) is 0. The van der Waals surface area contributed by atoms with Crippen LogP contribution >= 0.6 is 22.6 Å². The molecule has 0 aliphatic heterocycles. The molecule has 0 radical (unpaired) electrons. The molecule has 0 N–H and O–H groups in total. The summed E-state index contributed by atoms with van der Waals surface area (Å²) in [6, 6.07) is 0. The lowest BCUT2D eigenvalue weighted by atomic mass is 10.6. The molecule has 0 heterocycles. The highest BCUT2D eigenvalue weighted by atomic mass is 127. The molecule has 58 valence electrons. The molecule has 0 aromatic carbocycles. The van der Waals surface area contributed by atoms with Crippen molar-refractivity contribution in [2.75, 3.05) is 31.9 Å². The van der Waals surface area contributed by atoms with E-state index in [1.165, 1.54) is 0 Å². The first-order valence-electron chi connectivity index (χ1n) is 2.56. The van der Waals surface area contributed by atoms with Gasteiger partial charge in [0.05, 0.1) is 14.1 Å². The number of halogens is 3. The van der Waals surface area contributed by atoms with Gasteiger partial charge in [0.1, 0.15) is 17.8 Å². The van der Waals surface area contributed by atoms with E-state index in [0.717, 1.165) is 9.03 Å². The van der Waals surface area contributed by atoms with E-state index in [0.29, 0.717) is 6.54 Å². The van der Waals surface area contributed by atoms with Crippen LogP contribution < -0.4 is 12.4 Å². The predicted octanol–water partition coefficient (Wildman–Crippen LogP) is -1.57. The molecule has 0 atom stereocenters. The summed E-state index contributed by atoms with van der Waals surface area (Å²) < 4.78 is 13.4. The summed E-state index contributed by atoms with van der Waals surface area (Å²) in [6.07, 6.45) is 0. The summed E-state index contributed by atoms with van der Waals surface area (Å²) >= 11 is 2.26. The first-order valence-corrected chi connectivity index (χ1v) is 4.09. The SMILES string of the molecule is C[N+](C)(CI)CCF.[Cl-]. The Morgan fingerprint density at radius 2 is 1.89 bits per heavy atom. The maximum Gasteiger partial charge on any atom is 0.138 e. The maximum atomic E-state index is 11.7. The molecule has 0 spiro atoms. The van der Waals surface area contributed by atoms with Crippen LogP contribution in [0.4, 0.5) is 4.39 Å². The van der Waals surface area contributed by atoms with Crippen molar-refractivity contribution >= 4 is 22.6 Å². The van der Waals surface area contributed by atoms with E-state index in [1.54, 1.807) is 0 Å². The zero-order valence-electron chi connectivity index (χ0n) is 5.70. The first-order chi connectivity index (χ1) is 3.62. The van der Waals surface area contributed by atoms with Gasteiger partial charge in [0.2, 0.25) is 0 Å². The number of nitrogens with zero attached hydrogens (tertiary/aromatic N) is 1. The quantitative estimate of drug-likeness (QED) is 0.251. The fourth-order valence-electron chi connectivity index (χ4n) is 0.289. The van der Waals surface area contributed by atoms with Gasteiger partial charge in [0, 0.05) is 0 Å². The molecule has 0 unspecified atom stereocenters. The van der Waals surface area contributed by atoms with Gasteiger partial charge in [-0.15, -0.1) is 0 Å². The Morgan fingerprint density at radius 3 is 2.00 bits per heavy atom. The number of rotatable bonds is 3. The lowest BCUT2D eigenvalue weighted by Crippen LogP contribution is -3.00. The molecule has 0 bridgehead atoms. The van der Waals surface area contributed by atoms with E-state index in [9.17, 15) is 4.39 Å². The van der Waals surface area contributed by atoms with E-state index in [1.807, 2.05) is 14.1 Å². The van der Waals surface area contributed by atoms with Crippen molar-refractivity contribution in [1.29, 1.82) is 0 Å². The number of hydrogen-bond donors (Lipinski definition) is 0. The van der Waals surface area contributed by atoms with E-state index in [4.69, 9.17) is 0 Å².